The summed E-state index contributed by atoms with van der Waals surface area (Å²) in [6.07, 6.45) is 1.59. The number of hydrogen-bond acceptors (Lipinski definition) is 3. The molecule has 0 saturated heterocycles. The van der Waals surface area contributed by atoms with E-state index < -0.39 is 5.91 Å². The second kappa shape index (κ2) is 8.51. The average Bonchev–Trinajstić information content (AvgIpc) is 2.60. The lowest BCUT2D eigenvalue weighted by molar-refractivity contribution is -0.117. The van der Waals surface area contributed by atoms with Gasteiger partial charge in [0.2, 0.25) is 0 Å². The van der Waals surface area contributed by atoms with Crippen molar-refractivity contribution < 1.29 is 14.7 Å². The Morgan fingerprint density at radius 3 is 2.17 bits per heavy atom. The van der Waals surface area contributed by atoms with Crippen LogP contribution in [-0.2, 0) is 4.79 Å². The first-order chi connectivity index (χ1) is 11.2. The normalized spacial score (nSPS) is 10.9. The zero-order chi connectivity index (χ0) is 16.5. The highest BCUT2D eigenvalue weighted by atomic mass is 16.3. The molecule has 2 aromatic carbocycles. The Kier molecular flexibility index (Phi) is 6.08. The van der Waals surface area contributed by atoms with Gasteiger partial charge in [-0.1, -0.05) is 48.5 Å². The largest absolute Gasteiger partial charge is 0.395 e. The molecule has 0 unspecified atom stereocenters. The number of amides is 2. The quantitative estimate of drug-likeness (QED) is 0.709. The number of rotatable bonds is 6. The van der Waals surface area contributed by atoms with E-state index in [4.69, 9.17) is 5.11 Å². The van der Waals surface area contributed by atoms with E-state index in [2.05, 4.69) is 10.6 Å². The molecule has 3 N–H and O–H groups in total. The number of hydrogen-bond donors (Lipinski definition) is 3. The van der Waals surface area contributed by atoms with E-state index in [1.165, 1.54) is 0 Å². The van der Waals surface area contributed by atoms with Crippen molar-refractivity contribution in [1.29, 1.82) is 0 Å². The van der Waals surface area contributed by atoms with Gasteiger partial charge in [0, 0.05) is 12.1 Å². The van der Waals surface area contributed by atoms with E-state index in [0.717, 1.165) is 5.56 Å². The Morgan fingerprint density at radius 1 is 0.957 bits per heavy atom. The predicted octanol–water partition coefficient (Wildman–Crippen LogP) is 1.57. The van der Waals surface area contributed by atoms with Crippen LogP contribution in [0.4, 0.5) is 0 Å². The van der Waals surface area contributed by atoms with Gasteiger partial charge in [0.1, 0.15) is 5.70 Å². The number of nitrogens with one attached hydrogen (secondary N) is 2. The summed E-state index contributed by atoms with van der Waals surface area (Å²) in [6, 6.07) is 17.9. The Hall–Kier alpha value is -2.92. The van der Waals surface area contributed by atoms with Gasteiger partial charge in [-0.05, 0) is 23.8 Å². The molecule has 0 bridgehead atoms. The Balaban J connectivity index is 2.21. The number of benzene rings is 2. The Labute approximate surface area is 134 Å². The van der Waals surface area contributed by atoms with Crippen molar-refractivity contribution in [3.05, 3.63) is 77.5 Å². The maximum Gasteiger partial charge on any atom is 0.267 e. The van der Waals surface area contributed by atoms with Gasteiger partial charge < -0.3 is 15.7 Å². The van der Waals surface area contributed by atoms with Crippen LogP contribution < -0.4 is 10.6 Å². The lowest BCUT2D eigenvalue weighted by Crippen LogP contribution is -2.36. The molecule has 23 heavy (non-hydrogen) atoms. The monoisotopic (exact) mass is 310 g/mol. The van der Waals surface area contributed by atoms with Gasteiger partial charge in [0.25, 0.3) is 11.8 Å². The first kappa shape index (κ1) is 16.5. The molecule has 5 nitrogen and oxygen atoms in total. The van der Waals surface area contributed by atoms with Crippen LogP contribution in [0.5, 0.6) is 0 Å². The molecule has 2 amide bonds. The fourth-order valence-electron chi connectivity index (χ4n) is 1.92. The van der Waals surface area contributed by atoms with Crippen LogP contribution in [0.1, 0.15) is 15.9 Å². The molecule has 0 aliphatic heterocycles. The minimum atomic E-state index is -0.452. The van der Waals surface area contributed by atoms with Gasteiger partial charge in [-0.2, -0.15) is 0 Å². The lowest BCUT2D eigenvalue weighted by atomic mass is 10.1. The fourth-order valence-corrected chi connectivity index (χ4v) is 1.92. The van der Waals surface area contributed by atoms with E-state index in [9.17, 15) is 9.59 Å². The van der Waals surface area contributed by atoms with Crippen LogP contribution in [-0.4, -0.2) is 30.1 Å². The molecule has 2 aromatic rings. The summed E-state index contributed by atoms with van der Waals surface area (Å²) >= 11 is 0. The maximum absolute atomic E-state index is 12.2. The minimum Gasteiger partial charge on any atom is -0.395 e. The van der Waals surface area contributed by atoms with E-state index in [-0.39, 0.29) is 24.8 Å². The summed E-state index contributed by atoms with van der Waals surface area (Å²) in [6.45, 7) is -0.0524. The summed E-state index contributed by atoms with van der Waals surface area (Å²) in [4.78, 5) is 24.4. The molecule has 0 aromatic heterocycles. The smallest absolute Gasteiger partial charge is 0.267 e. The molecule has 0 atom stereocenters. The van der Waals surface area contributed by atoms with Gasteiger partial charge >= 0.3 is 0 Å². The van der Waals surface area contributed by atoms with Crippen LogP contribution in [0.15, 0.2) is 66.4 Å². The summed E-state index contributed by atoms with van der Waals surface area (Å²) < 4.78 is 0. The summed E-state index contributed by atoms with van der Waals surface area (Å²) in [5.74, 6) is -0.820. The molecule has 0 heterocycles. The van der Waals surface area contributed by atoms with Gasteiger partial charge in [-0.25, -0.2) is 0 Å². The van der Waals surface area contributed by atoms with Crippen molar-refractivity contribution >= 4 is 17.9 Å². The first-order valence-electron chi connectivity index (χ1n) is 7.23. The summed E-state index contributed by atoms with van der Waals surface area (Å²) in [7, 11) is 0. The highest BCUT2D eigenvalue weighted by Crippen LogP contribution is 2.07. The molecule has 0 saturated carbocycles. The van der Waals surface area contributed by atoms with Crippen molar-refractivity contribution in [1.82, 2.24) is 10.6 Å². The zero-order valence-corrected chi connectivity index (χ0v) is 12.5. The van der Waals surface area contributed by atoms with Crippen molar-refractivity contribution in [3.63, 3.8) is 0 Å². The van der Waals surface area contributed by atoms with Crippen molar-refractivity contribution in [2.24, 2.45) is 0 Å². The van der Waals surface area contributed by atoms with Gasteiger partial charge in [-0.15, -0.1) is 0 Å². The summed E-state index contributed by atoms with van der Waals surface area (Å²) in [5.41, 5.74) is 1.37. The molecule has 0 spiro atoms. The zero-order valence-electron chi connectivity index (χ0n) is 12.5. The van der Waals surface area contributed by atoms with E-state index >= 15 is 0 Å². The van der Waals surface area contributed by atoms with Crippen LogP contribution >= 0.6 is 0 Å². The lowest BCUT2D eigenvalue weighted by Gasteiger charge is -2.10. The molecule has 2 rings (SSSR count). The third-order valence-corrected chi connectivity index (χ3v) is 3.04. The molecular weight excluding hydrogens is 292 g/mol. The van der Waals surface area contributed by atoms with Crippen molar-refractivity contribution in [2.75, 3.05) is 13.2 Å². The number of carbonyl (C=O) groups excluding carboxylic acids is 2. The third-order valence-electron chi connectivity index (χ3n) is 3.04. The van der Waals surface area contributed by atoms with Gasteiger partial charge in [-0.3, -0.25) is 9.59 Å². The Morgan fingerprint density at radius 2 is 1.57 bits per heavy atom. The molecule has 0 aliphatic carbocycles. The van der Waals surface area contributed by atoms with E-state index in [1.807, 2.05) is 36.4 Å². The third kappa shape index (κ3) is 5.09. The van der Waals surface area contributed by atoms with Crippen molar-refractivity contribution in [3.8, 4) is 0 Å². The van der Waals surface area contributed by atoms with E-state index in [0.29, 0.717) is 5.56 Å². The second-order valence-electron chi connectivity index (χ2n) is 4.77. The van der Waals surface area contributed by atoms with Crippen molar-refractivity contribution in [2.45, 2.75) is 0 Å². The number of aliphatic hydroxyl groups is 1. The van der Waals surface area contributed by atoms with E-state index in [1.54, 1.807) is 30.3 Å². The van der Waals surface area contributed by atoms with Gasteiger partial charge in [0.05, 0.1) is 6.61 Å². The van der Waals surface area contributed by atoms with Crippen LogP contribution in [0.2, 0.25) is 0 Å². The molecule has 0 aliphatic rings. The molecule has 5 heteroatoms. The first-order valence-corrected chi connectivity index (χ1v) is 7.23. The summed E-state index contributed by atoms with van der Waals surface area (Å²) in [5, 5.41) is 14.0. The standard InChI is InChI=1S/C18H18N2O3/c21-12-11-19-18(23)16(13-14-7-3-1-4-8-14)20-17(22)15-9-5-2-6-10-15/h1-10,13,21H,11-12H2,(H,19,23)(H,20,22). The fraction of sp³-hybridized carbons (Fsp3) is 0.111. The molecule has 0 radical (unpaired) electrons. The average molecular weight is 310 g/mol. The topological polar surface area (TPSA) is 78.4 Å². The number of aliphatic hydroxyl groups excluding tert-OH is 1. The highest BCUT2D eigenvalue weighted by Gasteiger charge is 2.13. The molecular formula is C18H18N2O3. The Bertz CT molecular complexity index is 682. The SMILES string of the molecule is O=C(NCCO)C(=Cc1ccccc1)NC(=O)c1ccccc1. The predicted molar refractivity (Wildman–Crippen MR) is 88.4 cm³/mol. The second-order valence-corrected chi connectivity index (χ2v) is 4.77. The minimum absolute atomic E-state index is 0.117. The van der Waals surface area contributed by atoms with Crippen LogP contribution in [0.25, 0.3) is 6.08 Å². The van der Waals surface area contributed by atoms with Crippen LogP contribution in [0.3, 0.4) is 0 Å². The highest BCUT2D eigenvalue weighted by molar-refractivity contribution is 6.05. The van der Waals surface area contributed by atoms with Gasteiger partial charge in [0.15, 0.2) is 0 Å². The maximum atomic E-state index is 12.2. The molecule has 118 valence electrons. The number of carbonyl (C=O) groups is 2. The van der Waals surface area contributed by atoms with Crippen LogP contribution in [0, 0.1) is 0 Å². The molecule has 0 fully saturated rings.